The molecule has 118 valence electrons. The molecule has 3 rings (SSSR count). The van der Waals surface area contributed by atoms with Crippen LogP contribution in [0.3, 0.4) is 0 Å². The van der Waals surface area contributed by atoms with Gasteiger partial charge in [0.1, 0.15) is 5.82 Å². The van der Waals surface area contributed by atoms with Crippen LogP contribution in [0, 0.1) is 6.92 Å². The number of imidazole rings is 1. The van der Waals surface area contributed by atoms with E-state index in [1.165, 1.54) is 36.0 Å². The number of aryl methyl sites for hydroxylation is 1. The van der Waals surface area contributed by atoms with Crippen molar-refractivity contribution in [2.45, 2.75) is 39.5 Å². The van der Waals surface area contributed by atoms with Crippen LogP contribution in [0.25, 0.3) is 22.7 Å². The molecule has 0 amide bonds. The Hall–Kier alpha value is -2.35. The maximum atomic E-state index is 4.86. The van der Waals surface area contributed by atoms with E-state index in [-0.39, 0.29) is 0 Å². The Bertz CT molecular complexity index is 797. The zero-order valence-electron chi connectivity index (χ0n) is 14.0. The Morgan fingerprint density at radius 2 is 1.87 bits per heavy atom. The summed E-state index contributed by atoms with van der Waals surface area (Å²) in [7, 11) is 0. The number of nitrogens with one attached hydrogen (secondary N) is 1. The summed E-state index contributed by atoms with van der Waals surface area (Å²) in [4.78, 5) is 8.37. The number of hydrogen-bond donors (Lipinski definition) is 1. The van der Waals surface area contributed by atoms with Crippen LogP contribution in [-0.4, -0.2) is 9.97 Å². The summed E-state index contributed by atoms with van der Waals surface area (Å²) in [6.45, 7) is 4.36. The van der Waals surface area contributed by atoms with E-state index in [4.69, 9.17) is 4.98 Å². The SMILES string of the molecule is CCCCCC(=Cc1ccccc1)c1nc2c(C)cccc2[nH]1. The number of para-hydroxylation sites is 1. The summed E-state index contributed by atoms with van der Waals surface area (Å²) in [5.41, 5.74) is 5.94. The van der Waals surface area contributed by atoms with E-state index in [1.54, 1.807) is 0 Å². The van der Waals surface area contributed by atoms with Crippen molar-refractivity contribution < 1.29 is 0 Å². The molecule has 0 fully saturated rings. The van der Waals surface area contributed by atoms with Gasteiger partial charge in [0.2, 0.25) is 0 Å². The molecule has 0 saturated heterocycles. The number of aromatic amines is 1. The zero-order valence-corrected chi connectivity index (χ0v) is 14.0. The maximum Gasteiger partial charge on any atom is 0.134 e. The van der Waals surface area contributed by atoms with Crippen LogP contribution in [0.15, 0.2) is 48.5 Å². The predicted octanol–water partition coefficient (Wildman–Crippen LogP) is 5.99. The van der Waals surface area contributed by atoms with E-state index < -0.39 is 0 Å². The normalized spacial score (nSPS) is 12.0. The Morgan fingerprint density at radius 1 is 1.04 bits per heavy atom. The second kappa shape index (κ2) is 7.28. The van der Waals surface area contributed by atoms with Crippen LogP contribution in [-0.2, 0) is 0 Å². The third-order valence-electron chi connectivity index (χ3n) is 4.21. The average molecular weight is 304 g/mol. The summed E-state index contributed by atoms with van der Waals surface area (Å²) in [6, 6.07) is 16.8. The summed E-state index contributed by atoms with van der Waals surface area (Å²) in [6.07, 6.45) is 7.01. The van der Waals surface area contributed by atoms with Gasteiger partial charge in [0.25, 0.3) is 0 Å². The maximum absolute atomic E-state index is 4.86. The van der Waals surface area contributed by atoms with Crippen LogP contribution >= 0.6 is 0 Å². The molecule has 0 aliphatic carbocycles. The van der Waals surface area contributed by atoms with Crippen LogP contribution in [0.5, 0.6) is 0 Å². The fourth-order valence-corrected chi connectivity index (χ4v) is 2.90. The number of benzene rings is 2. The van der Waals surface area contributed by atoms with Gasteiger partial charge in [-0.05, 0) is 48.6 Å². The topological polar surface area (TPSA) is 28.7 Å². The van der Waals surface area contributed by atoms with Crippen molar-refractivity contribution in [3.8, 4) is 0 Å². The molecule has 0 aliphatic heterocycles. The van der Waals surface area contributed by atoms with Gasteiger partial charge in [-0.2, -0.15) is 0 Å². The Balaban J connectivity index is 1.99. The molecule has 2 heteroatoms. The standard InChI is InChI=1S/C21H24N2/c1-3-4-6-13-18(15-17-11-7-5-8-12-17)21-22-19-14-9-10-16(2)20(19)23-21/h5,7-12,14-15H,3-4,6,13H2,1-2H3,(H,22,23). The number of hydrogen-bond acceptors (Lipinski definition) is 1. The molecule has 1 aromatic heterocycles. The minimum absolute atomic E-state index is 1.01. The number of aromatic nitrogens is 2. The molecule has 1 heterocycles. The molecule has 0 bridgehead atoms. The first-order chi connectivity index (χ1) is 11.3. The molecule has 0 radical (unpaired) electrons. The van der Waals surface area contributed by atoms with Gasteiger partial charge in [-0.25, -0.2) is 4.98 Å². The van der Waals surface area contributed by atoms with Crippen LogP contribution in [0.4, 0.5) is 0 Å². The lowest BCUT2D eigenvalue weighted by Crippen LogP contribution is -1.89. The number of unbranched alkanes of at least 4 members (excludes halogenated alkanes) is 2. The fraction of sp³-hybridized carbons (Fsp3) is 0.286. The molecule has 0 saturated carbocycles. The lowest BCUT2D eigenvalue weighted by molar-refractivity contribution is 0.734. The van der Waals surface area contributed by atoms with Gasteiger partial charge in [0.15, 0.2) is 0 Å². The summed E-state index contributed by atoms with van der Waals surface area (Å²) >= 11 is 0. The summed E-state index contributed by atoms with van der Waals surface area (Å²) in [5.74, 6) is 1.01. The van der Waals surface area contributed by atoms with Crippen LogP contribution < -0.4 is 0 Å². The van der Waals surface area contributed by atoms with E-state index in [9.17, 15) is 0 Å². The number of rotatable bonds is 6. The highest BCUT2D eigenvalue weighted by Crippen LogP contribution is 2.25. The number of H-pyrrole nitrogens is 1. The van der Waals surface area contributed by atoms with Crippen molar-refractivity contribution in [3.05, 3.63) is 65.5 Å². The summed E-state index contributed by atoms with van der Waals surface area (Å²) < 4.78 is 0. The minimum Gasteiger partial charge on any atom is -0.338 e. The van der Waals surface area contributed by atoms with Gasteiger partial charge in [0, 0.05) is 0 Å². The third kappa shape index (κ3) is 3.70. The first-order valence-electron chi connectivity index (χ1n) is 8.49. The molecule has 0 atom stereocenters. The van der Waals surface area contributed by atoms with Crippen molar-refractivity contribution in [2.75, 3.05) is 0 Å². The zero-order chi connectivity index (χ0) is 16.1. The van der Waals surface area contributed by atoms with Crippen molar-refractivity contribution in [1.29, 1.82) is 0 Å². The summed E-state index contributed by atoms with van der Waals surface area (Å²) in [5, 5.41) is 0. The first-order valence-corrected chi connectivity index (χ1v) is 8.49. The third-order valence-corrected chi connectivity index (χ3v) is 4.21. The van der Waals surface area contributed by atoms with E-state index in [2.05, 4.69) is 73.4 Å². The quantitative estimate of drug-likeness (QED) is 0.556. The Morgan fingerprint density at radius 3 is 2.61 bits per heavy atom. The van der Waals surface area contributed by atoms with E-state index in [0.717, 1.165) is 23.3 Å². The lowest BCUT2D eigenvalue weighted by atomic mass is 10.0. The molecule has 1 N–H and O–H groups in total. The highest BCUT2D eigenvalue weighted by molar-refractivity contribution is 5.85. The van der Waals surface area contributed by atoms with Crippen molar-refractivity contribution in [1.82, 2.24) is 9.97 Å². The largest absolute Gasteiger partial charge is 0.338 e. The molecular formula is C21H24N2. The molecular weight excluding hydrogens is 280 g/mol. The number of allylic oxidation sites excluding steroid dienone is 1. The van der Waals surface area contributed by atoms with Gasteiger partial charge < -0.3 is 4.98 Å². The molecule has 0 unspecified atom stereocenters. The second-order valence-corrected chi connectivity index (χ2v) is 6.09. The van der Waals surface area contributed by atoms with E-state index in [0.29, 0.717) is 0 Å². The molecule has 23 heavy (non-hydrogen) atoms. The van der Waals surface area contributed by atoms with Gasteiger partial charge in [-0.3, -0.25) is 0 Å². The van der Waals surface area contributed by atoms with Gasteiger partial charge in [-0.15, -0.1) is 0 Å². The lowest BCUT2D eigenvalue weighted by Gasteiger charge is -2.05. The van der Waals surface area contributed by atoms with E-state index in [1.807, 2.05) is 0 Å². The number of nitrogens with zero attached hydrogens (tertiary/aromatic N) is 1. The van der Waals surface area contributed by atoms with E-state index >= 15 is 0 Å². The van der Waals surface area contributed by atoms with Crippen molar-refractivity contribution in [3.63, 3.8) is 0 Å². The monoisotopic (exact) mass is 304 g/mol. The Labute approximate surface area is 138 Å². The average Bonchev–Trinajstić information content (AvgIpc) is 3.01. The minimum atomic E-state index is 1.01. The molecule has 0 aliphatic rings. The molecule has 2 aromatic carbocycles. The van der Waals surface area contributed by atoms with Gasteiger partial charge in [0.05, 0.1) is 11.0 Å². The van der Waals surface area contributed by atoms with Gasteiger partial charge in [-0.1, -0.05) is 62.2 Å². The van der Waals surface area contributed by atoms with Crippen molar-refractivity contribution in [2.24, 2.45) is 0 Å². The highest BCUT2D eigenvalue weighted by Gasteiger charge is 2.09. The van der Waals surface area contributed by atoms with Crippen LogP contribution in [0.2, 0.25) is 0 Å². The smallest absolute Gasteiger partial charge is 0.134 e. The molecule has 3 aromatic rings. The van der Waals surface area contributed by atoms with Crippen LogP contribution in [0.1, 0.15) is 49.6 Å². The fourth-order valence-electron chi connectivity index (χ4n) is 2.90. The second-order valence-electron chi connectivity index (χ2n) is 6.09. The first kappa shape index (κ1) is 15.5. The predicted molar refractivity (Wildman–Crippen MR) is 99.3 cm³/mol. The van der Waals surface area contributed by atoms with Crippen molar-refractivity contribution >= 4 is 22.7 Å². The molecule has 2 nitrogen and oxygen atoms in total. The molecule has 0 spiro atoms. The Kier molecular flexibility index (Phi) is 4.92. The van der Waals surface area contributed by atoms with Gasteiger partial charge >= 0.3 is 0 Å². The number of fused-ring (bicyclic) bond motifs is 1. The highest BCUT2D eigenvalue weighted by atomic mass is 14.9.